The zero-order chi connectivity index (χ0) is 13.3. The van der Waals surface area contributed by atoms with Gasteiger partial charge in [0.05, 0.1) is 0 Å². The third-order valence-electron chi connectivity index (χ3n) is 5.81. The average molecular weight is 265 g/mol. The van der Waals surface area contributed by atoms with Crippen LogP contribution in [-0.4, -0.2) is 60.1 Å². The number of nitrogens with one attached hydrogen (secondary N) is 1. The molecule has 0 bridgehead atoms. The molecule has 3 rings (SSSR count). The largest absolute Gasteiger partial charge is 0.314 e. The van der Waals surface area contributed by atoms with Gasteiger partial charge in [0.15, 0.2) is 0 Å². The molecular weight excluding hydrogens is 234 g/mol. The van der Waals surface area contributed by atoms with Crippen molar-refractivity contribution in [2.24, 2.45) is 0 Å². The second kappa shape index (κ2) is 5.71. The summed E-state index contributed by atoms with van der Waals surface area (Å²) in [5, 5.41) is 3.48. The van der Waals surface area contributed by atoms with Gasteiger partial charge in [-0.1, -0.05) is 19.3 Å². The van der Waals surface area contributed by atoms with Crippen LogP contribution in [0.2, 0.25) is 0 Å². The highest BCUT2D eigenvalue weighted by Gasteiger charge is 2.46. The van der Waals surface area contributed by atoms with Crippen molar-refractivity contribution in [3.8, 4) is 0 Å². The van der Waals surface area contributed by atoms with Gasteiger partial charge in [0.2, 0.25) is 0 Å². The molecule has 0 aromatic carbocycles. The molecule has 0 amide bonds. The minimum absolute atomic E-state index is 0.374. The molecule has 0 aromatic rings. The smallest absolute Gasteiger partial charge is 0.0311 e. The fraction of sp³-hybridized carbons (Fsp3) is 1.00. The van der Waals surface area contributed by atoms with Gasteiger partial charge in [-0.05, 0) is 33.1 Å². The van der Waals surface area contributed by atoms with Crippen LogP contribution in [0, 0.1) is 0 Å². The highest BCUT2D eigenvalue weighted by atomic mass is 15.3. The van der Waals surface area contributed by atoms with Crippen LogP contribution in [0.3, 0.4) is 0 Å². The predicted molar refractivity (Wildman–Crippen MR) is 80.5 cm³/mol. The average Bonchev–Trinajstić information content (AvgIpc) is 2.76. The van der Waals surface area contributed by atoms with E-state index in [-0.39, 0.29) is 0 Å². The van der Waals surface area contributed by atoms with Crippen molar-refractivity contribution in [3.63, 3.8) is 0 Å². The highest BCUT2D eigenvalue weighted by molar-refractivity contribution is 5.04. The third kappa shape index (κ3) is 2.70. The Morgan fingerprint density at radius 1 is 0.895 bits per heavy atom. The van der Waals surface area contributed by atoms with Crippen molar-refractivity contribution < 1.29 is 0 Å². The lowest BCUT2D eigenvalue weighted by Crippen LogP contribution is -2.58. The van der Waals surface area contributed by atoms with Gasteiger partial charge in [-0.3, -0.25) is 9.80 Å². The summed E-state index contributed by atoms with van der Waals surface area (Å²) in [6, 6.07) is 1.65. The molecule has 0 spiro atoms. The Morgan fingerprint density at radius 3 is 2.26 bits per heavy atom. The molecule has 2 saturated heterocycles. The number of piperazine rings is 1. The molecule has 2 aliphatic heterocycles. The molecule has 19 heavy (non-hydrogen) atoms. The van der Waals surface area contributed by atoms with Crippen molar-refractivity contribution in [1.82, 2.24) is 15.1 Å². The summed E-state index contributed by atoms with van der Waals surface area (Å²) in [5.41, 5.74) is 0.374. The van der Waals surface area contributed by atoms with E-state index in [1.807, 2.05) is 0 Å². The van der Waals surface area contributed by atoms with Crippen molar-refractivity contribution >= 4 is 0 Å². The Balaban J connectivity index is 1.67. The molecule has 1 unspecified atom stereocenters. The van der Waals surface area contributed by atoms with Crippen LogP contribution < -0.4 is 5.32 Å². The lowest BCUT2D eigenvalue weighted by atomic mass is 9.88. The van der Waals surface area contributed by atoms with E-state index in [9.17, 15) is 0 Å². The van der Waals surface area contributed by atoms with E-state index in [0.29, 0.717) is 5.54 Å². The Hall–Kier alpha value is -0.120. The summed E-state index contributed by atoms with van der Waals surface area (Å²) >= 11 is 0. The van der Waals surface area contributed by atoms with Crippen LogP contribution in [0.1, 0.15) is 52.4 Å². The zero-order valence-corrected chi connectivity index (χ0v) is 12.8. The molecule has 3 nitrogen and oxygen atoms in total. The maximum Gasteiger partial charge on any atom is 0.0311 e. The lowest BCUT2D eigenvalue weighted by Gasteiger charge is -2.46. The van der Waals surface area contributed by atoms with E-state index in [2.05, 4.69) is 29.0 Å². The molecule has 0 aromatic heterocycles. The summed E-state index contributed by atoms with van der Waals surface area (Å²) in [5.74, 6) is 0. The van der Waals surface area contributed by atoms with E-state index < -0.39 is 0 Å². The van der Waals surface area contributed by atoms with E-state index >= 15 is 0 Å². The van der Waals surface area contributed by atoms with Crippen LogP contribution in [0.4, 0.5) is 0 Å². The normalized spacial score (nSPS) is 34.7. The summed E-state index contributed by atoms with van der Waals surface area (Å²) < 4.78 is 0. The fourth-order valence-electron chi connectivity index (χ4n) is 4.76. The molecular formula is C16H31N3. The summed E-state index contributed by atoms with van der Waals surface area (Å²) in [7, 11) is 0. The quantitative estimate of drug-likeness (QED) is 0.825. The van der Waals surface area contributed by atoms with Gasteiger partial charge in [0, 0.05) is 50.3 Å². The topological polar surface area (TPSA) is 18.5 Å². The Bertz CT molecular complexity index is 262. The summed E-state index contributed by atoms with van der Waals surface area (Å²) in [6.07, 6.45) is 8.63. The molecule has 0 radical (unpaired) electrons. The summed E-state index contributed by atoms with van der Waals surface area (Å²) in [4.78, 5) is 5.61. The minimum Gasteiger partial charge on any atom is -0.314 e. The van der Waals surface area contributed by atoms with Gasteiger partial charge in [0.1, 0.15) is 0 Å². The molecule has 110 valence electrons. The van der Waals surface area contributed by atoms with E-state index in [0.717, 1.165) is 12.1 Å². The van der Waals surface area contributed by atoms with Crippen LogP contribution in [0.5, 0.6) is 0 Å². The third-order valence-corrected chi connectivity index (χ3v) is 5.81. The SMILES string of the molecule is CC1(C)C(N2CCNCC2)CCN1C1CCCCC1. The maximum atomic E-state index is 3.48. The van der Waals surface area contributed by atoms with Gasteiger partial charge >= 0.3 is 0 Å². The van der Waals surface area contributed by atoms with E-state index in [1.165, 1.54) is 71.2 Å². The summed E-state index contributed by atoms with van der Waals surface area (Å²) in [6.45, 7) is 11.2. The molecule has 1 saturated carbocycles. The number of rotatable bonds is 2. The molecule has 1 N–H and O–H groups in total. The Labute approximate surface area is 118 Å². The number of hydrogen-bond acceptors (Lipinski definition) is 3. The van der Waals surface area contributed by atoms with Gasteiger partial charge in [-0.15, -0.1) is 0 Å². The van der Waals surface area contributed by atoms with E-state index in [1.54, 1.807) is 0 Å². The van der Waals surface area contributed by atoms with E-state index in [4.69, 9.17) is 0 Å². The molecule has 2 heterocycles. The first-order chi connectivity index (χ1) is 9.19. The van der Waals surface area contributed by atoms with Gasteiger partial charge in [-0.25, -0.2) is 0 Å². The molecule has 3 fully saturated rings. The monoisotopic (exact) mass is 265 g/mol. The van der Waals surface area contributed by atoms with Crippen LogP contribution >= 0.6 is 0 Å². The van der Waals surface area contributed by atoms with Crippen molar-refractivity contribution in [3.05, 3.63) is 0 Å². The standard InChI is InChI=1S/C16H31N3/c1-16(2)15(18-12-9-17-10-13-18)8-11-19(16)14-6-4-3-5-7-14/h14-15,17H,3-13H2,1-2H3. The van der Waals surface area contributed by atoms with Crippen LogP contribution in [-0.2, 0) is 0 Å². The first kappa shape index (κ1) is 13.8. The predicted octanol–water partition coefficient (Wildman–Crippen LogP) is 2.08. The van der Waals surface area contributed by atoms with Gasteiger partial charge in [0.25, 0.3) is 0 Å². The zero-order valence-electron chi connectivity index (χ0n) is 12.8. The Morgan fingerprint density at radius 2 is 1.58 bits per heavy atom. The first-order valence-corrected chi connectivity index (χ1v) is 8.41. The minimum atomic E-state index is 0.374. The second-order valence-corrected chi connectivity index (χ2v) is 7.23. The second-order valence-electron chi connectivity index (χ2n) is 7.23. The number of likely N-dealkylation sites (tertiary alicyclic amines) is 1. The van der Waals surface area contributed by atoms with Crippen LogP contribution in [0.25, 0.3) is 0 Å². The molecule has 1 aliphatic carbocycles. The van der Waals surface area contributed by atoms with Crippen LogP contribution in [0.15, 0.2) is 0 Å². The van der Waals surface area contributed by atoms with Crippen molar-refractivity contribution in [2.45, 2.75) is 70.0 Å². The van der Waals surface area contributed by atoms with Gasteiger partial charge in [-0.2, -0.15) is 0 Å². The highest BCUT2D eigenvalue weighted by Crippen LogP contribution is 2.38. The molecule has 3 aliphatic rings. The fourth-order valence-corrected chi connectivity index (χ4v) is 4.76. The number of hydrogen-bond donors (Lipinski definition) is 1. The van der Waals surface area contributed by atoms with Crippen molar-refractivity contribution in [2.75, 3.05) is 32.7 Å². The molecule has 3 heteroatoms. The maximum absolute atomic E-state index is 3.48. The van der Waals surface area contributed by atoms with Gasteiger partial charge < -0.3 is 5.32 Å². The Kier molecular flexibility index (Phi) is 4.16. The first-order valence-electron chi connectivity index (χ1n) is 8.41. The lowest BCUT2D eigenvalue weighted by molar-refractivity contribution is 0.0353. The van der Waals surface area contributed by atoms with Crippen molar-refractivity contribution in [1.29, 1.82) is 0 Å². The number of nitrogens with zero attached hydrogens (tertiary/aromatic N) is 2. The molecule has 1 atom stereocenters.